The molecule has 0 saturated heterocycles. The van der Waals surface area contributed by atoms with Gasteiger partial charge in [-0.15, -0.1) is 0 Å². The third kappa shape index (κ3) is 6.44. The summed E-state index contributed by atoms with van der Waals surface area (Å²) in [4.78, 5) is 32.8. The molecule has 3 rings (SSSR count). The molecule has 0 radical (unpaired) electrons. The van der Waals surface area contributed by atoms with Gasteiger partial charge in [-0.1, -0.05) is 24.3 Å². The number of aromatic nitrogens is 1. The number of esters is 1. The molecule has 5 N–H and O–H groups in total. The lowest BCUT2D eigenvalue weighted by Gasteiger charge is -2.15. The van der Waals surface area contributed by atoms with E-state index in [-0.39, 0.29) is 23.9 Å². The van der Waals surface area contributed by atoms with Crippen molar-refractivity contribution in [3.8, 4) is 0 Å². The zero-order valence-corrected chi connectivity index (χ0v) is 20.3. The van der Waals surface area contributed by atoms with Gasteiger partial charge in [0, 0.05) is 30.5 Å². The van der Waals surface area contributed by atoms with Crippen molar-refractivity contribution in [3.05, 3.63) is 82.2 Å². The van der Waals surface area contributed by atoms with Gasteiger partial charge in [0.1, 0.15) is 5.82 Å². The Morgan fingerprint density at radius 2 is 1.83 bits per heavy atom. The number of nitrogens with one attached hydrogen (secondary N) is 1. The Bertz CT molecular complexity index is 1280. The van der Waals surface area contributed by atoms with Crippen molar-refractivity contribution in [1.29, 1.82) is 0 Å². The van der Waals surface area contributed by atoms with Crippen LogP contribution in [0.5, 0.6) is 0 Å². The van der Waals surface area contributed by atoms with Crippen molar-refractivity contribution in [2.75, 3.05) is 12.3 Å². The van der Waals surface area contributed by atoms with E-state index in [4.69, 9.17) is 16.2 Å². The van der Waals surface area contributed by atoms with Gasteiger partial charge in [0.15, 0.2) is 0 Å². The summed E-state index contributed by atoms with van der Waals surface area (Å²) in [6, 6.07) is 11.4. The van der Waals surface area contributed by atoms with Gasteiger partial charge in [-0.05, 0) is 66.1 Å². The summed E-state index contributed by atoms with van der Waals surface area (Å²) in [6.45, 7) is 6.87. The topological polar surface area (TPSA) is 133 Å². The number of carbonyl (C=O) groups is 2. The van der Waals surface area contributed by atoms with Gasteiger partial charge in [-0.3, -0.25) is 14.6 Å². The summed E-state index contributed by atoms with van der Waals surface area (Å²) in [5.41, 5.74) is 16.9. The van der Waals surface area contributed by atoms with E-state index in [9.17, 15) is 9.59 Å². The largest absolute Gasteiger partial charge is 0.466 e. The average molecular weight is 474 g/mol. The van der Waals surface area contributed by atoms with Gasteiger partial charge >= 0.3 is 5.97 Å². The molecule has 1 aromatic heterocycles. The minimum Gasteiger partial charge on any atom is -0.466 e. The molecule has 0 spiro atoms. The number of nitrogens with zero attached hydrogens (tertiary/aromatic N) is 2. The second-order valence-corrected chi connectivity index (χ2v) is 8.16. The van der Waals surface area contributed by atoms with Gasteiger partial charge < -0.3 is 21.5 Å². The number of nitrogen functional groups attached to an aromatic ring is 1. The molecule has 182 valence electrons. The van der Waals surface area contributed by atoms with Gasteiger partial charge in [0.2, 0.25) is 0 Å². The molecule has 0 fully saturated rings. The average Bonchev–Trinajstić information content (AvgIpc) is 2.83. The third-order valence-corrected chi connectivity index (χ3v) is 5.76. The molecule has 0 aliphatic rings. The molecular weight excluding hydrogens is 442 g/mol. The molecule has 2 aromatic carbocycles. The summed E-state index contributed by atoms with van der Waals surface area (Å²) in [6.07, 6.45) is 4.63. The summed E-state index contributed by atoms with van der Waals surface area (Å²) in [7, 11) is 0. The van der Waals surface area contributed by atoms with Crippen LogP contribution in [0.25, 0.3) is 10.8 Å². The molecule has 3 aromatic rings. The van der Waals surface area contributed by atoms with E-state index in [0.29, 0.717) is 25.5 Å². The summed E-state index contributed by atoms with van der Waals surface area (Å²) < 4.78 is 4.96. The SMILES string of the molecule is CCOC(=O)Cc1ccc(CN=C/C(=C\N)C(=O)NCc2c(C)cc3c(N)nccc3c2C)cc1. The summed E-state index contributed by atoms with van der Waals surface area (Å²) in [5.74, 6) is -0.0751. The van der Waals surface area contributed by atoms with Gasteiger partial charge in [0.25, 0.3) is 5.91 Å². The Hall–Kier alpha value is -4.20. The summed E-state index contributed by atoms with van der Waals surface area (Å²) in [5, 5.41) is 4.84. The van der Waals surface area contributed by atoms with Crippen LogP contribution < -0.4 is 16.8 Å². The number of carbonyl (C=O) groups excluding carboxylic acids is 2. The number of nitrogens with two attached hydrogens (primary N) is 2. The smallest absolute Gasteiger partial charge is 0.310 e. The van der Waals surface area contributed by atoms with Crippen molar-refractivity contribution in [1.82, 2.24) is 10.3 Å². The van der Waals surface area contributed by atoms with E-state index in [0.717, 1.165) is 38.6 Å². The van der Waals surface area contributed by atoms with Crippen molar-refractivity contribution < 1.29 is 14.3 Å². The highest BCUT2D eigenvalue weighted by Crippen LogP contribution is 2.27. The van der Waals surface area contributed by atoms with Gasteiger partial charge in [0.05, 0.1) is 25.1 Å². The highest BCUT2D eigenvalue weighted by Gasteiger charge is 2.13. The zero-order chi connectivity index (χ0) is 25.4. The van der Waals surface area contributed by atoms with Crippen molar-refractivity contribution in [2.24, 2.45) is 10.7 Å². The fourth-order valence-corrected chi connectivity index (χ4v) is 3.84. The minimum atomic E-state index is -0.311. The third-order valence-electron chi connectivity index (χ3n) is 5.76. The second kappa shape index (κ2) is 11.8. The molecule has 0 saturated carbocycles. The number of fused-ring (bicyclic) bond motifs is 1. The number of pyridine rings is 1. The Morgan fingerprint density at radius 1 is 1.11 bits per heavy atom. The first-order valence-corrected chi connectivity index (χ1v) is 11.4. The first kappa shape index (κ1) is 25.4. The van der Waals surface area contributed by atoms with Crippen molar-refractivity contribution in [3.63, 3.8) is 0 Å². The molecule has 1 heterocycles. The van der Waals surface area contributed by atoms with E-state index in [2.05, 4.69) is 15.3 Å². The van der Waals surface area contributed by atoms with Crippen LogP contribution in [-0.2, 0) is 33.8 Å². The molecule has 0 aliphatic heterocycles. The quantitative estimate of drug-likeness (QED) is 0.248. The molecule has 0 aliphatic carbocycles. The van der Waals surface area contributed by atoms with Crippen LogP contribution in [-0.4, -0.2) is 29.7 Å². The normalized spacial score (nSPS) is 11.7. The number of aryl methyl sites for hydroxylation is 2. The molecule has 0 atom stereocenters. The number of rotatable bonds is 9. The van der Waals surface area contributed by atoms with Crippen LogP contribution in [0.4, 0.5) is 5.82 Å². The zero-order valence-electron chi connectivity index (χ0n) is 20.3. The van der Waals surface area contributed by atoms with Crippen LogP contribution >= 0.6 is 0 Å². The second-order valence-electron chi connectivity index (χ2n) is 8.16. The van der Waals surface area contributed by atoms with Crippen LogP contribution in [0.1, 0.15) is 34.7 Å². The van der Waals surface area contributed by atoms with E-state index < -0.39 is 0 Å². The molecule has 1 amide bonds. The van der Waals surface area contributed by atoms with E-state index in [1.165, 1.54) is 12.4 Å². The van der Waals surface area contributed by atoms with Gasteiger partial charge in [-0.25, -0.2) is 4.98 Å². The lowest BCUT2D eigenvalue weighted by atomic mass is 9.96. The monoisotopic (exact) mass is 473 g/mol. The van der Waals surface area contributed by atoms with Crippen LogP contribution in [0, 0.1) is 13.8 Å². The molecule has 8 nitrogen and oxygen atoms in total. The van der Waals surface area contributed by atoms with Crippen molar-refractivity contribution in [2.45, 2.75) is 40.3 Å². The van der Waals surface area contributed by atoms with Crippen LogP contribution in [0.15, 0.2) is 59.4 Å². The predicted octanol–water partition coefficient (Wildman–Crippen LogP) is 3.27. The molecule has 0 bridgehead atoms. The van der Waals surface area contributed by atoms with E-state index in [1.54, 1.807) is 13.1 Å². The number of ether oxygens (including phenoxy) is 1. The highest BCUT2D eigenvalue weighted by molar-refractivity contribution is 6.12. The number of benzene rings is 2. The van der Waals surface area contributed by atoms with E-state index in [1.807, 2.05) is 50.2 Å². The lowest BCUT2D eigenvalue weighted by molar-refractivity contribution is -0.142. The first-order valence-electron chi connectivity index (χ1n) is 11.4. The molecule has 0 unspecified atom stereocenters. The Morgan fingerprint density at radius 3 is 2.51 bits per heavy atom. The predicted molar refractivity (Wildman–Crippen MR) is 139 cm³/mol. The maximum atomic E-state index is 12.7. The van der Waals surface area contributed by atoms with E-state index >= 15 is 0 Å². The van der Waals surface area contributed by atoms with Gasteiger partial charge in [-0.2, -0.15) is 0 Å². The Balaban J connectivity index is 1.60. The molecular formula is C27H31N5O3. The fourth-order valence-electron chi connectivity index (χ4n) is 3.84. The lowest BCUT2D eigenvalue weighted by Crippen LogP contribution is -2.26. The summed E-state index contributed by atoms with van der Waals surface area (Å²) >= 11 is 0. The number of aliphatic imine (C=N–C) groups is 1. The number of hydrogen-bond donors (Lipinski definition) is 3. The number of anilines is 1. The number of hydrogen-bond acceptors (Lipinski definition) is 7. The highest BCUT2D eigenvalue weighted by atomic mass is 16.5. The molecule has 8 heteroatoms. The van der Waals surface area contributed by atoms with Crippen molar-refractivity contribution >= 4 is 34.7 Å². The van der Waals surface area contributed by atoms with Crippen LogP contribution in [0.2, 0.25) is 0 Å². The maximum absolute atomic E-state index is 12.7. The first-order chi connectivity index (χ1) is 16.8. The maximum Gasteiger partial charge on any atom is 0.310 e. The number of amides is 1. The fraction of sp³-hybridized carbons (Fsp3) is 0.259. The Labute approximate surface area is 205 Å². The standard InChI is InChI=1S/C27H31N5O3/c1-4-35-25(33)12-19-5-7-20(8-6-19)14-30-15-21(13-28)27(34)32-16-24-17(2)11-23-22(18(24)3)9-10-31-26(23)29/h5-11,13,15H,4,12,14,16,28H2,1-3H3,(H2,29,31)(H,32,34)/b21-13+,30-15?. The molecule has 35 heavy (non-hydrogen) atoms. The minimum absolute atomic E-state index is 0.234. The van der Waals surface area contributed by atoms with Crippen LogP contribution in [0.3, 0.4) is 0 Å². The Kier molecular flexibility index (Phi) is 8.56.